The number of hydrogen-bond acceptors (Lipinski definition) is 4. The third-order valence-electron chi connectivity index (χ3n) is 6.70. The molecule has 7 nitrogen and oxygen atoms in total. The molecule has 0 aliphatic heterocycles. The van der Waals surface area contributed by atoms with Crippen molar-refractivity contribution in [1.29, 1.82) is 0 Å². The number of alkyl halides is 3. The van der Waals surface area contributed by atoms with Crippen molar-refractivity contribution < 1.29 is 31.2 Å². The Morgan fingerprint density at radius 3 is 2.11 bits per heavy atom. The van der Waals surface area contributed by atoms with Crippen molar-refractivity contribution in [1.82, 2.24) is 10.2 Å². The van der Waals surface area contributed by atoms with Gasteiger partial charge in [0.2, 0.25) is 11.8 Å². The highest BCUT2D eigenvalue weighted by molar-refractivity contribution is 7.92. The predicted molar refractivity (Wildman–Crippen MR) is 167 cm³/mol. The Kier molecular flexibility index (Phi) is 12.0. The smallest absolute Gasteiger partial charge is 0.354 e. The van der Waals surface area contributed by atoms with E-state index in [2.05, 4.69) is 5.32 Å². The van der Waals surface area contributed by atoms with Crippen LogP contribution in [0.4, 0.5) is 18.9 Å². The first-order valence-electron chi connectivity index (χ1n) is 13.6. The van der Waals surface area contributed by atoms with E-state index >= 15 is 0 Å². The van der Waals surface area contributed by atoms with Crippen LogP contribution in [0.25, 0.3) is 0 Å². The summed E-state index contributed by atoms with van der Waals surface area (Å²) in [7, 11) is -4.59. The van der Waals surface area contributed by atoms with Crippen LogP contribution in [0.3, 0.4) is 0 Å². The Bertz CT molecular complexity index is 1600. The van der Waals surface area contributed by atoms with E-state index in [1.165, 1.54) is 41.3 Å². The van der Waals surface area contributed by atoms with Crippen molar-refractivity contribution in [3.05, 3.63) is 92.4 Å². The number of benzene rings is 3. The lowest BCUT2D eigenvalue weighted by atomic mass is 10.1. The summed E-state index contributed by atoms with van der Waals surface area (Å²) >= 11 is 18.0. The van der Waals surface area contributed by atoms with Gasteiger partial charge in [0, 0.05) is 13.1 Å². The molecule has 1 N–H and O–H groups in total. The van der Waals surface area contributed by atoms with Gasteiger partial charge in [-0.25, -0.2) is 8.42 Å². The lowest BCUT2D eigenvalue weighted by Gasteiger charge is -2.33. The number of carbonyl (C=O) groups is 2. The zero-order valence-corrected chi connectivity index (χ0v) is 27.2. The van der Waals surface area contributed by atoms with E-state index in [0.717, 1.165) is 17.7 Å². The van der Waals surface area contributed by atoms with Crippen molar-refractivity contribution in [3.63, 3.8) is 0 Å². The Morgan fingerprint density at radius 2 is 1.55 bits per heavy atom. The van der Waals surface area contributed by atoms with Crippen LogP contribution in [0, 0.1) is 6.92 Å². The number of sulfonamides is 1. The van der Waals surface area contributed by atoms with Crippen molar-refractivity contribution in [3.8, 4) is 0 Å². The molecule has 0 unspecified atom stereocenters. The van der Waals surface area contributed by atoms with Crippen LogP contribution >= 0.6 is 34.8 Å². The van der Waals surface area contributed by atoms with Crippen LogP contribution in [0.1, 0.15) is 43.4 Å². The molecule has 0 aromatic heterocycles. The zero-order valence-electron chi connectivity index (χ0n) is 24.1. The Labute approximate surface area is 269 Å². The maximum Gasteiger partial charge on any atom is 0.417 e. The summed E-state index contributed by atoms with van der Waals surface area (Å²) in [6.07, 6.45) is -4.11. The van der Waals surface area contributed by atoms with Crippen LogP contribution in [-0.2, 0) is 32.3 Å². The van der Waals surface area contributed by atoms with Crippen LogP contribution < -0.4 is 9.62 Å². The number of anilines is 1. The van der Waals surface area contributed by atoms with E-state index in [1.54, 1.807) is 19.9 Å². The molecule has 3 rings (SSSR count). The van der Waals surface area contributed by atoms with Gasteiger partial charge in [-0.3, -0.25) is 13.9 Å². The first-order chi connectivity index (χ1) is 20.6. The zero-order chi connectivity index (χ0) is 32.8. The SMILES string of the molecule is CCCNC(=O)[C@H](CC)N(Cc1ccc(Cl)c(Cl)c1)C(=O)CN(c1ccc(Cl)c(C(F)(F)F)c1)S(=O)(=O)c1ccc(C)cc1. The fourth-order valence-corrected chi connectivity index (χ4v) is 6.32. The fraction of sp³-hybridized carbons (Fsp3) is 0.333. The van der Waals surface area contributed by atoms with Gasteiger partial charge in [-0.2, -0.15) is 13.2 Å². The quantitative estimate of drug-likeness (QED) is 0.213. The minimum absolute atomic E-state index is 0.159. The summed E-state index contributed by atoms with van der Waals surface area (Å²) in [5, 5.41) is 2.57. The number of nitrogens with zero attached hydrogens (tertiary/aromatic N) is 2. The number of rotatable bonds is 12. The second-order valence-electron chi connectivity index (χ2n) is 9.97. The van der Waals surface area contributed by atoms with Gasteiger partial charge in [-0.1, -0.05) is 72.4 Å². The van der Waals surface area contributed by atoms with Crippen LogP contribution in [0.5, 0.6) is 0 Å². The van der Waals surface area contributed by atoms with E-state index in [0.29, 0.717) is 28.9 Å². The largest absolute Gasteiger partial charge is 0.417 e. The third-order valence-corrected chi connectivity index (χ3v) is 9.56. The molecule has 0 aliphatic carbocycles. The molecule has 0 radical (unpaired) electrons. The molecule has 3 aromatic rings. The molecule has 2 amide bonds. The monoisotopic (exact) mass is 691 g/mol. The highest BCUT2D eigenvalue weighted by Gasteiger charge is 2.37. The summed E-state index contributed by atoms with van der Waals surface area (Å²) in [4.78, 5) is 28.2. The molecule has 1 atom stereocenters. The van der Waals surface area contributed by atoms with Gasteiger partial charge in [0.05, 0.1) is 31.2 Å². The molecule has 0 bridgehead atoms. The van der Waals surface area contributed by atoms with Gasteiger partial charge >= 0.3 is 6.18 Å². The number of nitrogens with one attached hydrogen (secondary N) is 1. The minimum Gasteiger partial charge on any atom is -0.354 e. The number of carbonyl (C=O) groups excluding carboxylic acids is 2. The first kappa shape index (κ1) is 35.5. The van der Waals surface area contributed by atoms with Gasteiger partial charge in [-0.05, 0) is 67.8 Å². The molecular weight excluding hydrogens is 662 g/mol. The van der Waals surface area contributed by atoms with E-state index in [4.69, 9.17) is 34.8 Å². The number of hydrogen-bond donors (Lipinski definition) is 1. The van der Waals surface area contributed by atoms with E-state index < -0.39 is 56.9 Å². The summed E-state index contributed by atoms with van der Waals surface area (Å²) in [5.74, 6) is -1.31. The van der Waals surface area contributed by atoms with Crippen molar-refractivity contribution in [2.45, 2.75) is 57.3 Å². The molecule has 0 heterocycles. The Balaban J connectivity index is 2.15. The molecule has 3 aromatic carbocycles. The average molecular weight is 693 g/mol. The molecule has 44 heavy (non-hydrogen) atoms. The normalized spacial score (nSPS) is 12.5. The molecular formula is C30H31Cl3F3N3O4S. The molecule has 0 saturated carbocycles. The second-order valence-corrected chi connectivity index (χ2v) is 13.1. The van der Waals surface area contributed by atoms with E-state index in [9.17, 15) is 31.2 Å². The Morgan fingerprint density at radius 1 is 0.909 bits per heavy atom. The first-order valence-corrected chi connectivity index (χ1v) is 16.1. The van der Waals surface area contributed by atoms with Gasteiger partial charge in [0.25, 0.3) is 10.0 Å². The summed E-state index contributed by atoms with van der Waals surface area (Å²) in [5.41, 5.74) is -0.470. The second kappa shape index (κ2) is 14.9. The lowest BCUT2D eigenvalue weighted by molar-refractivity contribution is -0.140. The predicted octanol–water partition coefficient (Wildman–Crippen LogP) is 7.50. The molecule has 0 aliphatic rings. The van der Waals surface area contributed by atoms with E-state index in [1.807, 2.05) is 6.92 Å². The van der Waals surface area contributed by atoms with Crippen LogP contribution in [0.2, 0.25) is 15.1 Å². The number of amides is 2. The standard InChI is InChI=1S/C30H31Cl3F3N3O4S/c1-4-14-37-29(41)27(5-2)38(17-20-8-12-25(32)26(33)15-20)28(40)18-39(44(42,43)22-10-6-19(3)7-11-22)21-9-13-24(31)23(16-21)30(34,35)36/h6-13,15-16,27H,4-5,14,17-18H2,1-3H3,(H,37,41)/t27-/m0/s1. The van der Waals surface area contributed by atoms with Crippen molar-refractivity contribution >= 4 is 62.3 Å². The minimum atomic E-state index is -4.90. The topological polar surface area (TPSA) is 86.8 Å². The summed E-state index contributed by atoms with van der Waals surface area (Å²) in [6.45, 7) is 4.52. The molecule has 14 heteroatoms. The number of halogens is 6. The lowest BCUT2D eigenvalue weighted by Crippen LogP contribution is -2.52. The van der Waals surface area contributed by atoms with Gasteiger partial charge in [0.15, 0.2) is 0 Å². The summed E-state index contributed by atoms with van der Waals surface area (Å²) in [6, 6.07) is 11.8. The third kappa shape index (κ3) is 8.59. The highest BCUT2D eigenvalue weighted by Crippen LogP contribution is 2.38. The molecule has 238 valence electrons. The summed E-state index contributed by atoms with van der Waals surface area (Å²) < 4.78 is 69.9. The maximum atomic E-state index is 14.1. The van der Waals surface area contributed by atoms with Gasteiger partial charge in [-0.15, -0.1) is 0 Å². The van der Waals surface area contributed by atoms with Crippen LogP contribution in [-0.4, -0.2) is 44.3 Å². The molecule has 0 spiro atoms. The molecule has 0 saturated heterocycles. The number of aryl methyl sites for hydroxylation is 1. The van der Waals surface area contributed by atoms with Crippen LogP contribution in [0.15, 0.2) is 65.6 Å². The van der Waals surface area contributed by atoms with Gasteiger partial charge in [0.1, 0.15) is 12.6 Å². The molecule has 0 fully saturated rings. The van der Waals surface area contributed by atoms with Crippen molar-refractivity contribution in [2.75, 3.05) is 17.4 Å². The highest BCUT2D eigenvalue weighted by atomic mass is 35.5. The maximum absolute atomic E-state index is 14.1. The van der Waals surface area contributed by atoms with Gasteiger partial charge < -0.3 is 10.2 Å². The van der Waals surface area contributed by atoms with Crippen molar-refractivity contribution in [2.24, 2.45) is 0 Å². The Hall–Kier alpha value is -2.99. The fourth-order valence-electron chi connectivity index (χ4n) is 4.37. The van der Waals surface area contributed by atoms with E-state index in [-0.39, 0.29) is 27.9 Å². The average Bonchev–Trinajstić information content (AvgIpc) is 2.96.